The minimum absolute atomic E-state index is 0.103. The number of thioether (sulfide) groups is 1. The van der Waals surface area contributed by atoms with Crippen molar-refractivity contribution in [3.8, 4) is 11.5 Å². The predicted molar refractivity (Wildman–Crippen MR) is 114 cm³/mol. The molecule has 1 heterocycles. The van der Waals surface area contributed by atoms with Gasteiger partial charge in [0, 0.05) is 12.1 Å². The average molecular weight is 479 g/mol. The Morgan fingerprint density at radius 2 is 2.03 bits per heavy atom. The summed E-state index contributed by atoms with van der Waals surface area (Å²) in [7, 11) is 0. The Morgan fingerprint density at radius 1 is 1.30 bits per heavy atom. The molecule has 1 fully saturated rings. The number of halogens is 2. The number of nitrogens with zero attached hydrogens (tertiary/aromatic N) is 2. The number of hydrogen-bond acceptors (Lipinski definition) is 8. The second-order valence-corrected chi connectivity index (χ2v) is 7.51. The zero-order chi connectivity index (χ0) is 24.3. The Morgan fingerprint density at radius 3 is 2.67 bits per heavy atom. The lowest BCUT2D eigenvalue weighted by Gasteiger charge is -2.12. The molecule has 3 amide bonds. The minimum Gasteiger partial charge on any atom is -0.500 e. The molecule has 1 aliphatic rings. The molecule has 13 heteroatoms. The number of carbonyl (C=O) groups excluding carboxylic acids is 3. The molecule has 0 saturated carbocycles. The van der Waals surface area contributed by atoms with E-state index in [2.05, 4.69) is 5.32 Å². The number of carbonyl (C=O) groups is 3. The van der Waals surface area contributed by atoms with Crippen molar-refractivity contribution in [2.24, 2.45) is 0 Å². The summed E-state index contributed by atoms with van der Waals surface area (Å²) in [6.07, 6.45) is 1.18. The molecule has 0 unspecified atom stereocenters. The van der Waals surface area contributed by atoms with Crippen LogP contribution in [0, 0.1) is 21.7 Å². The zero-order valence-electron chi connectivity index (χ0n) is 16.8. The van der Waals surface area contributed by atoms with Crippen LogP contribution in [0.1, 0.15) is 12.5 Å². The predicted octanol–water partition coefficient (Wildman–Crippen LogP) is 3.65. The Kier molecular flexibility index (Phi) is 6.92. The molecular weight excluding hydrogens is 464 g/mol. The van der Waals surface area contributed by atoms with Gasteiger partial charge < -0.3 is 15.2 Å². The van der Waals surface area contributed by atoms with E-state index in [1.807, 2.05) is 0 Å². The van der Waals surface area contributed by atoms with Gasteiger partial charge in [0.2, 0.25) is 11.7 Å². The summed E-state index contributed by atoms with van der Waals surface area (Å²) >= 11 is 0.489. The highest BCUT2D eigenvalue weighted by molar-refractivity contribution is 8.18. The Hall–Kier alpha value is -4.00. The maximum Gasteiger partial charge on any atom is 0.315 e. The lowest BCUT2D eigenvalue weighted by molar-refractivity contribution is -0.386. The van der Waals surface area contributed by atoms with Crippen molar-refractivity contribution in [3.05, 3.63) is 62.5 Å². The van der Waals surface area contributed by atoms with E-state index in [4.69, 9.17) is 4.74 Å². The van der Waals surface area contributed by atoms with Crippen LogP contribution in [0.2, 0.25) is 0 Å². The molecule has 2 aromatic rings. The summed E-state index contributed by atoms with van der Waals surface area (Å²) in [4.78, 5) is 47.8. The van der Waals surface area contributed by atoms with Gasteiger partial charge >= 0.3 is 5.69 Å². The molecular formula is C20H15F2N3O7S. The first-order chi connectivity index (χ1) is 15.6. The number of rotatable bonds is 7. The standard InChI is InChI=1S/C20H15F2N3O7S/c1-2-32-15-6-10(5-14(18(15)27)25(30)31)7-16-19(28)24(20(29)33-16)9-17(26)23-13-4-3-11(21)8-12(13)22/h3-8,27H,2,9H2,1H3,(H,23,26). The zero-order valence-corrected chi connectivity index (χ0v) is 17.7. The van der Waals surface area contributed by atoms with Crippen LogP contribution in [0.5, 0.6) is 11.5 Å². The van der Waals surface area contributed by atoms with Gasteiger partial charge in [-0.1, -0.05) is 0 Å². The normalized spacial score (nSPS) is 14.6. The number of phenols is 1. The highest BCUT2D eigenvalue weighted by atomic mass is 32.2. The highest BCUT2D eigenvalue weighted by Gasteiger charge is 2.36. The fourth-order valence-electron chi connectivity index (χ4n) is 2.81. The first-order valence-corrected chi connectivity index (χ1v) is 10.1. The number of ether oxygens (including phenoxy) is 1. The van der Waals surface area contributed by atoms with Gasteiger partial charge in [0.1, 0.15) is 18.2 Å². The molecule has 3 rings (SSSR count). The van der Waals surface area contributed by atoms with E-state index in [1.54, 1.807) is 6.92 Å². The van der Waals surface area contributed by atoms with Gasteiger partial charge in [-0.3, -0.25) is 29.4 Å². The number of amides is 3. The van der Waals surface area contributed by atoms with Crippen LogP contribution in [0.4, 0.5) is 25.0 Å². The third-order valence-corrected chi connectivity index (χ3v) is 5.16. The molecule has 0 aromatic heterocycles. The second kappa shape index (κ2) is 9.65. The molecule has 0 atom stereocenters. The Labute approximate surface area is 189 Å². The van der Waals surface area contributed by atoms with E-state index in [1.165, 1.54) is 12.1 Å². The van der Waals surface area contributed by atoms with Crippen LogP contribution in [-0.4, -0.2) is 45.1 Å². The number of hydrogen-bond donors (Lipinski definition) is 2. The van der Waals surface area contributed by atoms with Gasteiger partial charge in [-0.15, -0.1) is 0 Å². The van der Waals surface area contributed by atoms with Gasteiger partial charge in [-0.2, -0.15) is 0 Å². The average Bonchev–Trinajstić information content (AvgIpc) is 2.99. The van der Waals surface area contributed by atoms with Gasteiger partial charge in [-0.05, 0) is 48.5 Å². The molecule has 10 nitrogen and oxygen atoms in total. The van der Waals surface area contributed by atoms with Crippen LogP contribution in [0.3, 0.4) is 0 Å². The van der Waals surface area contributed by atoms with Gasteiger partial charge in [-0.25, -0.2) is 8.78 Å². The molecule has 2 aromatic carbocycles. The summed E-state index contributed by atoms with van der Waals surface area (Å²) < 4.78 is 31.8. The lowest BCUT2D eigenvalue weighted by atomic mass is 10.1. The number of nitro benzene ring substituents is 1. The third-order valence-electron chi connectivity index (χ3n) is 4.25. The van der Waals surface area contributed by atoms with Crippen LogP contribution >= 0.6 is 11.8 Å². The molecule has 1 saturated heterocycles. The van der Waals surface area contributed by atoms with E-state index >= 15 is 0 Å². The summed E-state index contributed by atoms with van der Waals surface area (Å²) in [6.45, 7) is 0.972. The quantitative estimate of drug-likeness (QED) is 0.349. The maximum absolute atomic E-state index is 13.7. The molecule has 172 valence electrons. The molecule has 0 radical (unpaired) electrons. The Bertz CT molecular complexity index is 1200. The first-order valence-electron chi connectivity index (χ1n) is 9.25. The van der Waals surface area contributed by atoms with Gasteiger partial charge in [0.05, 0.1) is 22.1 Å². The lowest BCUT2D eigenvalue weighted by Crippen LogP contribution is -2.36. The molecule has 0 spiro atoms. The van der Waals surface area contributed by atoms with Crippen LogP contribution < -0.4 is 10.1 Å². The molecule has 0 aliphatic carbocycles. The van der Waals surface area contributed by atoms with E-state index in [0.717, 1.165) is 18.2 Å². The number of anilines is 1. The highest BCUT2D eigenvalue weighted by Crippen LogP contribution is 2.39. The molecule has 0 bridgehead atoms. The van der Waals surface area contributed by atoms with E-state index in [9.17, 15) is 38.4 Å². The van der Waals surface area contributed by atoms with Crippen molar-refractivity contribution < 1.29 is 37.9 Å². The van der Waals surface area contributed by atoms with Gasteiger partial charge in [0.15, 0.2) is 5.75 Å². The second-order valence-electron chi connectivity index (χ2n) is 6.52. The van der Waals surface area contributed by atoms with E-state index in [-0.39, 0.29) is 28.5 Å². The fraction of sp³-hybridized carbons (Fsp3) is 0.150. The first kappa shape index (κ1) is 23.7. The number of phenolic OH excluding ortho intramolecular Hbond substituents is 1. The summed E-state index contributed by atoms with van der Waals surface area (Å²) in [5.41, 5.74) is -0.887. The number of benzene rings is 2. The largest absolute Gasteiger partial charge is 0.500 e. The smallest absolute Gasteiger partial charge is 0.315 e. The summed E-state index contributed by atoms with van der Waals surface area (Å²) in [5.74, 6) is -4.49. The van der Waals surface area contributed by atoms with E-state index < -0.39 is 51.6 Å². The van der Waals surface area contributed by atoms with Crippen LogP contribution in [0.15, 0.2) is 35.2 Å². The maximum atomic E-state index is 13.7. The molecule has 33 heavy (non-hydrogen) atoms. The summed E-state index contributed by atoms with van der Waals surface area (Å²) in [6, 6.07) is 4.73. The number of nitrogens with one attached hydrogen (secondary N) is 1. The van der Waals surface area contributed by atoms with E-state index in [0.29, 0.717) is 22.7 Å². The SMILES string of the molecule is CCOc1cc(C=C2SC(=O)N(CC(=O)Nc3ccc(F)cc3F)C2=O)cc([N+](=O)[O-])c1O. The number of nitro groups is 1. The van der Waals surface area contributed by atoms with Crippen LogP contribution in [0.25, 0.3) is 6.08 Å². The topological polar surface area (TPSA) is 139 Å². The third kappa shape index (κ3) is 5.26. The van der Waals surface area contributed by atoms with Gasteiger partial charge in [0.25, 0.3) is 11.1 Å². The Balaban J connectivity index is 1.81. The van der Waals surface area contributed by atoms with Crippen molar-refractivity contribution >= 4 is 46.3 Å². The van der Waals surface area contributed by atoms with Crippen molar-refractivity contribution in [1.29, 1.82) is 0 Å². The monoisotopic (exact) mass is 479 g/mol. The van der Waals surface area contributed by atoms with Crippen molar-refractivity contribution in [1.82, 2.24) is 4.90 Å². The number of aromatic hydroxyl groups is 1. The van der Waals surface area contributed by atoms with Crippen molar-refractivity contribution in [2.45, 2.75) is 6.92 Å². The summed E-state index contributed by atoms with van der Waals surface area (Å²) in [5, 5.41) is 22.5. The molecule has 1 aliphatic heterocycles. The molecule has 2 N–H and O–H groups in total. The van der Waals surface area contributed by atoms with Crippen molar-refractivity contribution in [2.75, 3.05) is 18.5 Å². The number of imide groups is 1. The minimum atomic E-state index is -1.03. The van der Waals surface area contributed by atoms with Crippen molar-refractivity contribution in [3.63, 3.8) is 0 Å². The fourth-order valence-corrected chi connectivity index (χ4v) is 3.65. The van der Waals surface area contributed by atoms with Crippen LogP contribution in [-0.2, 0) is 9.59 Å².